The van der Waals surface area contributed by atoms with Gasteiger partial charge in [0.1, 0.15) is 5.75 Å². The van der Waals surface area contributed by atoms with Crippen molar-refractivity contribution in [3.63, 3.8) is 0 Å². The quantitative estimate of drug-likeness (QED) is 0.841. The zero-order chi connectivity index (χ0) is 14.5. The lowest BCUT2D eigenvalue weighted by Crippen LogP contribution is -2.44. The summed E-state index contributed by atoms with van der Waals surface area (Å²) in [6.07, 6.45) is 1.12. The molecular formula is C15H19NO4. The maximum absolute atomic E-state index is 12.0. The van der Waals surface area contributed by atoms with Gasteiger partial charge in [-0.1, -0.05) is 12.1 Å². The molecule has 0 bridgehead atoms. The van der Waals surface area contributed by atoms with Crippen molar-refractivity contribution in [2.45, 2.75) is 25.9 Å². The van der Waals surface area contributed by atoms with E-state index in [4.69, 9.17) is 4.74 Å². The molecule has 20 heavy (non-hydrogen) atoms. The molecule has 1 N–H and O–H groups in total. The average molecular weight is 277 g/mol. The molecule has 0 saturated carbocycles. The van der Waals surface area contributed by atoms with Crippen LogP contribution >= 0.6 is 0 Å². The maximum atomic E-state index is 12.0. The second kappa shape index (κ2) is 6.52. The molecule has 108 valence electrons. The van der Waals surface area contributed by atoms with E-state index in [1.165, 1.54) is 6.92 Å². The number of carbonyl (C=O) groups excluding carboxylic acids is 2. The Bertz CT molecular complexity index is 500. The lowest BCUT2D eigenvalue weighted by Gasteiger charge is -2.30. The van der Waals surface area contributed by atoms with Crippen molar-refractivity contribution in [2.75, 3.05) is 19.7 Å². The number of ketones is 1. The Kier molecular flexibility index (Phi) is 4.74. The number of carbonyl (C=O) groups is 2. The van der Waals surface area contributed by atoms with E-state index in [1.54, 1.807) is 29.2 Å². The molecule has 5 nitrogen and oxygen atoms in total. The van der Waals surface area contributed by atoms with E-state index in [0.29, 0.717) is 24.4 Å². The number of likely N-dealkylation sites (tertiary alicyclic amines) is 1. The number of ether oxygens (including phenoxy) is 1. The molecule has 0 aliphatic carbocycles. The SMILES string of the molecule is CC(=O)c1cccc(OCC(=O)N2CCCC(O)C2)c1. The summed E-state index contributed by atoms with van der Waals surface area (Å²) in [5, 5.41) is 9.54. The number of hydrogen-bond donors (Lipinski definition) is 1. The Morgan fingerprint density at radius 1 is 1.45 bits per heavy atom. The van der Waals surface area contributed by atoms with Crippen LogP contribution in [0.4, 0.5) is 0 Å². The van der Waals surface area contributed by atoms with E-state index in [2.05, 4.69) is 0 Å². The van der Waals surface area contributed by atoms with Crippen LogP contribution in [-0.4, -0.2) is 47.5 Å². The number of Topliss-reactive ketones (excluding diaryl/α,β-unsaturated/α-hetero) is 1. The van der Waals surface area contributed by atoms with Crippen molar-refractivity contribution in [2.24, 2.45) is 0 Å². The number of piperidine rings is 1. The summed E-state index contributed by atoms with van der Waals surface area (Å²) in [5.41, 5.74) is 0.559. The van der Waals surface area contributed by atoms with E-state index >= 15 is 0 Å². The van der Waals surface area contributed by atoms with Crippen LogP contribution in [0.2, 0.25) is 0 Å². The number of benzene rings is 1. The molecule has 1 aromatic carbocycles. The summed E-state index contributed by atoms with van der Waals surface area (Å²) in [7, 11) is 0. The van der Waals surface area contributed by atoms with Gasteiger partial charge in [-0.25, -0.2) is 0 Å². The number of rotatable bonds is 4. The average Bonchev–Trinajstić information content (AvgIpc) is 2.45. The predicted molar refractivity (Wildman–Crippen MR) is 73.8 cm³/mol. The monoisotopic (exact) mass is 277 g/mol. The Morgan fingerprint density at radius 2 is 2.25 bits per heavy atom. The minimum Gasteiger partial charge on any atom is -0.484 e. The molecule has 1 saturated heterocycles. The highest BCUT2D eigenvalue weighted by molar-refractivity contribution is 5.94. The fraction of sp³-hybridized carbons (Fsp3) is 0.467. The van der Waals surface area contributed by atoms with Gasteiger partial charge in [0.25, 0.3) is 5.91 Å². The third kappa shape index (κ3) is 3.81. The smallest absolute Gasteiger partial charge is 0.260 e. The molecule has 0 radical (unpaired) electrons. The number of nitrogens with zero attached hydrogens (tertiary/aromatic N) is 1. The second-order valence-electron chi connectivity index (χ2n) is 5.01. The predicted octanol–water partition coefficient (Wildman–Crippen LogP) is 1.25. The Morgan fingerprint density at radius 3 is 2.95 bits per heavy atom. The van der Waals surface area contributed by atoms with Crippen LogP contribution in [0.15, 0.2) is 24.3 Å². The zero-order valence-corrected chi connectivity index (χ0v) is 11.5. The molecule has 5 heteroatoms. The molecule has 1 aliphatic heterocycles. The summed E-state index contributed by atoms with van der Waals surface area (Å²) in [6, 6.07) is 6.77. The lowest BCUT2D eigenvalue weighted by molar-refractivity contribution is -0.136. The molecule has 0 spiro atoms. The Balaban J connectivity index is 1.89. The van der Waals surface area contributed by atoms with Crippen molar-refractivity contribution in [3.8, 4) is 5.75 Å². The van der Waals surface area contributed by atoms with Crippen molar-refractivity contribution < 1.29 is 19.4 Å². The summed E-state index contributed by atoms with van der Waals surface area (Å²) in [4.78, 5) is 24.8. The van der Waals surface area contributed by atoms with Gasteiger partial charge in [0.05, 0.1) is 6.10 Å². The highest BCUT2D eigenvalue weighted by Gasteiger charge is 2.22. The van der Waals surface area contributed by atoms with E-state index in [9.17, 15) is 14.7 Å². The molecule has 1 heterocycles. The van der Waals surface area contributed by atoms with Crippen LogP contribution < -0.4 is 4.74 Å². The highest BCUT2D eigenvalue weighted by atomic mass is 16.5. The van der Waals surface area contributed by atoms with Gasteiger partial charge in [-0.15, -0.1) is 0 Å². The molecule has 0 aromatic heterocycles. The minimum atomic E-state index is -0.436. The van der Waals surface area contributed by atoms with E-state index in [1.807, 2.05) is 0 Å². The molecule has 1 unspecified atom stereocenters. The maximum Gasteiger partial charge on any atom is 0.260 e. The summed E-state index contributed by atoms with van der Waals surface area (Å²) in [5.74, 6) is 0.321. The van der Waals surface area contributed by atoms with E-state index in [-0.39, 0.29) is 18.3 Å². The van der Waals surface area contributed by atoms with Crippen molar-refractivity contribution >= 4 is 11.7 Å². The first-order valence-electron chi connectivity index (χ1n) is 6.76. The molecule has 1 atom stereocenters. The number of hydrogen-bond acceptors (Lipinski definition) is 4. The highest BCUT2D eigenvalue weighted by Crippen LogP contribution is 2.15. The van der Waals surface area contributed by atoms with Crippen LogP contribution in [0.1, 0.15) is 30.1 Å². The fourth-order valence-corrected chi connectivity index (χ4v) is 2.22. The van der Waals surface area contributed by atoms with Crippen LogP contribution in [0, 0.1) is 0 Å². The normalized spacial score (nSPS) is 18.7. The molecular weight excluding hydrogens is 258 g/mol. The molecule has 1 fully saturated rings. The van der Waals surface area contributed by atoms with Crippen LogP contribution in [-0.2, 0) is 4.79 Å². The van der Waals surface area contributed by atoms with E-state index in [0.717, 1.165) is 12.8 Å². The minimum absolute atomic E-state index is 0.0408. The standard InChI is InChI=1S/C15H19NO4/c1-11(17)12-4-2-6-14(8-12)20-10-15(19)16-7-3-5-13(18)9-16/h2,4,6,8,13,18H,3,5,7,9-10H2,1H3. The second-order valence-corrected chi connectivity index (χ2v) is 5.01. The van der Waals surface area contributed by atoms with Gasteiger partial charge in [0, 0.05) is 18.7 Å². The van der Waals surface area contributed by atoms with Gasteiger partial charge in [-0.3, -0.25) is 9.59 Å². The summed E-state index contributed by atoms with van der Waals surface area (Å²) < 4.78 is 5.42. The van der Waals surface area contributed by atoms with Crippen LogP contribution in [0.5, 0.6) is 5.75 Å². The zero-order valence-electron chi connectivity index (χ0n) is 11.5. The Labute approximate surface area is 118 Å². The molecule has 1 aromatic rings. The largest absolute Gasteiger partial charge is 0.484 e. The van der Waals surface area contributed by atoms with Gasteiger partial charge in [0.15, 0.2) is 12.4 Å². The lowest BCUT2D eigenvalue weighted by atomic mass is 10.1. The Hall–Kier alpha value is -1.88. The van der Waals surface area contributed by atoms with Crippen molar-refractivity contribution in [1.82, 2.24) is 4.90 Å². The first kappa shape index (κ1) is 14.5. The van der Waals surface area contributed by atoms with Crippen molar-refractivity contribution in [1.29, 1.82) is 0 Å². The van der Waals surface area contributed by atoms with Gasteiger partial charge in [0.2, 0.25) is 0 Å². The van der Waals surface area contributed by atoms with Crippen LogP contribution in [0.25, 0.3) is 0 Å². The number of β-amino-alcohol motifs (C(OH)–C–C–N with tert-alkyl or cyclic N) is 1. The van der Waals surface area contributed by atoms with Gasteiger partial charge in [-0.2, -0.15) is 0 Å². The number of aliphatic hydroxyl groups excluding tert-OH is 1. The summed E-state index contributed by atoms with van der Waals surface area (Å²) in [6.45, 7) is 2.44. The molecule has 2 rings (SSSR count). The van der Waals surface area contributed by atoms with Crippen molar-refractivity contribution in [3.05, 3.63) is 29.8 Å². The van der Waals surface area contributed by atoms with Crippen LogP contribution in [0.3, 0.4) is 0 Å². The first-order chi connectivity index (χ1) is 9.56. The van der Waals surface area contributed by atoms with Gasteiger partial charge in [-0.05, 0) is 31.9 Å². The van der Waals surface area contributed by atoms with Gasteiger partial charge < -0.3 is 14.7 Å². The summed E-state index contributed by atoms with van der Waals surface area (Å²) >= 11 is 0. The molecule has 1 amide bonds. The third-order valence-corrected chi connectivity index (χ3v) is 3.35. The fourth-order valence-electron chi connectivity index (χ4n) is 2.22. The first-order valence-corrected chi connectivity index (χ1v) is 6.76. The number of aliphatic hydroxyl groups is 1. The topological polar surface area (TPSA) is 66.8 Å². The molecule has 1 aliphatic rings. The third-order valence-electron chi connectivity index (χ3n) is 3.35. The van der Waals surface area contributed by atoms with E-state index < -0.39 is 6.10 Å². The number of amides is 1. The van der Waals surface area contributed by atoms with Gasteiger partial charge >= 0.3 is 0 Å².